The zero-order valence-corrected chi connectivity index (χ0v) is 14.0. The average Bonchev–Trinajstić information content (AvgIpc) is 2.60. The Balaban J connectivity index is 2.22. The number of aliphatic hydroxyl groups is 7. The zero-order chi connectivity index (χ0) is 19.6. The van der Waals surface area contributed by atoms with E-state index in [1.54, 1.807) is 0 Å². The van der Waals surface area contributed by atoms with Crippen molar-refractivity contribution in [2.24, 2.45) is 0 Å². The number of carbonyl (C=O) groups is 1. The van der Waals surface area contributed by atoms with Crippen molar-refractivity contribution in [1.82, 2.24) is 5.32 Å². The zero-order valence-electron chi connectivity index (χ0n) is 14.0. The Morgan fingerprint density at radius 1 is 0.923 bits per heavy atom. The van der Waals surface area contributed by atoms with Crippen LogP contribution < -0.4 is 5.32 Å². The van der Waals surface area contributed by atoms with E-state index < -0.39 is 80.5 Å². The molecule has 0 aliphatic carbocycles. The van der Waals surface area contributed by atoms with E-state index in [0.29, 0.717) is 0 Å². The van der Waals surface area contributed by atoms with E-state index in [1.165, 1.54) is 0 Å². The van der Waals surface area contributed by atoms with E-state index in [9.17, 15) is 40.5 Å². The number of nitrogens with one attached hydrogen (secondary N) is 1. The summed E-state index contributed by atoms with van der Waals surface area (Å²) in [7, 11) is 0. The molecule has 8 N–H and O–H groups in total. The van der Waals surface area contributed by atoms with Crippen LogP contribution in [0.15, 0.2) is 0 Å². The predicted molar refractivity (Wildman–Crippen MR) is 80.2 cm³/mol. The fraction of sp³-hybridized carbons (Fsp3) is 0.929. The summed E-state index contributed by atoms with van der Waals surface area (Å²) in [6.45, 7) is -0.194. The van der Waals surface area contributed by atoms with Crippen LogP contribution in [-0.4, -0.2) is 116 Å². The third kappa shape index (κ3) is 4.31. The van der Waals surface area contributed by atoms with E-state index in [4.69, 9.17) is 14.2 Å². The smallest absolute Gasteiger partial charge is 0.217 e. The van der Waals surface area contributed by atoms with Gasteiger partial charge in [-0.25, -0.2) is 0 Å². The highest BCUT2D eigenvalue weighted by molar-refractivity contribution is 5.73. The minimum atomic E-state index is -1.75. The number of amides is 1. The largest absolute Gasteiger partial charge is 0.394 e. The lowest BCUT2D eigenvalue weighted by atomic mass is 9.95. The molecule has 2 fully saturated rings. The van der Waals surface area contributed by atoms with E-state index in [1.807, 2.05) is 0 Å². The summed E-state index contributed by atoms with van der Waals surface area (Å²) < 4.78 is 15.8. The van der Waals surface area contributed by atoms with E-state index in [2.05, 4.69) is 5.32 Å². The van der Waals surface area contributed by atoms with Gasteiger partial charge in [-0.1, -0.05) is 0 Å². The van der Waals surface area contributed by atoms with Gasteiger partial charge in [0.25, 0.3) is 0 Å². The maximum Gasteiger partial charge on any atom is 0.217 e. The number of hydrogen-bond acceptors (Lipinski definition) is 11. The average molecular weight is 383 g/mol. The van der Waals surface area contributed by atoms with E-state index >= 15 is 0 Å². The topological polar surface area (TPSA) is 198 Å². The first kappa shape index (κ1) is 21.4. The first-order chi connectivity index (χ1) is 12.2. The van der Waals surface area contributed by atoms with Gasteiger partial charge in [0, 0.05) is 6.92 Å². The van der Waals surface area contributed by atoms with Crippen molar-refractivity contribution in [3.8, 4) is 0 Å². The molecule has 0 aromatic heterocycles. The lowest BCUT2D eigenvalue weighted by molar-refractivity contribution is -0.341. The molecule has 0 unspecified atom stereocenters. The molecule has 0 saturated carbocycles. The summed E-state index contributed by atoms with van der Waals surface area (Å²) in [6.07, 6.45) is -13.6. The molecule has 2 aliphatic heterocycles. The first-order valence-corrected chi connectivity index (χ1v) is 8.06. The van der Waals surface area contributed by atoms with Gasteiger partial charge >= 0.3 is 0 Å². The third-order valence-electron chi connectivity index (χ3n) is 4.38. The molecule has 2 rings (SSSR count). The van der Waals surface area contributed by atoms with E-state index in [0.717, 1.165) is 6.92 Å². The molecule has 1 amide bonds. The molecular weight excluding hydrogens is 358 g/mol. The van der Waals surface area contributed by atoms with Gasteiger partial charge in [0.15, 0.2) is 12.6 Å². The maximum absolute atomic E-state index is 11.4. The first-order valence-electron chi connectivity index (χ1n) is 8.06. The van der Waals surface area contributed by atoms with Gasteiger partial charge < -0.3 is 55.3 Å². The maximum atomic E-state index is 11.4. The van der Waals surface area contributed by atoms with Crippen LogP contribution in [0.1, 0.15) is 6.92 Å². The molecular formula is C14H25NO11. The minimum absolute atomic E-state index is 0.574. The Kier molecular flexibility index (Phi) is 7.27. The number of aliphatic hydroxyl groups excluding tert-OH is 7. The summed E-state index contributed by atoms with van der Waals surface area (Å²) >= 11 is 0. The summed E-state index contributed by atoms with van der Waals surface area (Å²) in [5.74, 6) is -0.574. The summed E-state index contributed by atoms with van der Waals surface area (Å²) in [6, 6.07) is -1.28. The van der Waals surface area contributed by atoms with Crippen LogP contribution in [0, 0.1) is 0 Å². The van der Waals surface area contributed by atoms with Crippen molar-refractivity contribution in [3.05, 3.63) is 0 Å². The summed E-state index contributed by atoms with van der Waals surface area (Å²) in [4.78, 5) is 11.4. The Bertz CT molecular complexity index is 478. The molecule has 26 heavy (non-hydrogen) atoms. The second-order valence-corrected chi connectivity index (χ2v) is 6.26. The summed E-state index contributed by atoms with van der Waals surface area (Å²) in [5, 5.41) is 70.5. The second-order valence-electron chi connectivity index (χ2n) is 6.26. The van der Waals surface area contributed by atoms with Crippen LogP contribution in [0.5, 0.6) is 0 Å². The lowest BCUT2D eigenvalue weighted by Crippen LogP contribution is -2.67. The quantitative estimate of drug-likeness (QED) is 0.226. The highest BCUT2D eigenvalue weighted by Gasteiger charge is 2.50. The number of rotatable bonds is 5. The molecule has 0 aromatic carbocycles. The molecule has 152 valence electrons. The Labute approximate surface area is 148 Å². The van der Waals surface area contributed by atoms with Crippen molar-refractivity contribution in [3.63, 3.8) is 0 Å². The Hall–Kier alpha value is -0.930. The standard InChI is InChI=1S/C14H25NO11/c1-4(18)15-7-9(20)8(19)5(2-16)25-14(7)26-12-6(3-17)24-13(23)11(22)10(12)21/h5-14,16-17,19-23H,2-3H2,1H3,(H,15,18)/t5-,6-,7-,8-,9-,10-,11-,12+,13-,14+/m1/s1. The molecule has 2 saturated heterocycles. The van der Waals surface area contributed by atoms with Crippen LogP contribution in [0.4, 0.5) is 0 Å². The highest BCUT2D eigenvalue weighted by Crippen LogP contribution is 2.28. The lowest BCUT2D eigenvalue weighted by Gasteiger charge is -2.46. The molecule has 0 bridgehead atoms. The Morgan fingerprint density at radius 3 is 2.08 bits per heavy atom. The van der Waals surface area contributed by atoms with Gasteiger partial charge in [-0.15, -0.1) is 0 Å². The van der Waals surface area contributed by atoms with Crippen molar-refractivity contribution in [2.45, 2.75) is 68.3 Å². The molecule has 12 nitrogen and oxygen atoms in total. The van der Waals surface area contributed by atoms with Gasteiger partial charge in [0.1, 0.15) is 48.8 Å². The van der Waals surface area contributed by atoms with Crippen LogP contribution in [0.2, 0.25) is 0 Å². The van der Waals surface area contributed by atoms with Crippen LogP contribution in [-0.2, 0) is 19.0 Å². The molecule has 2 heterocycles. The van der Waals surface area contributed by atoms with Crippen molar-refractivity contribution in [1.29, 1.82) is 0 Å². The van der Waals surface area contributed by atoms with E-state index in [-0.39, 0.29) is 0 Å². The molecule has 0 aromatic rings. The molecule has 10 atom stereocenters. The van der Waals surface area contributed by atoms with Gasteiger partial charge in [-0.2, -0.15) is 0 Å². The fourth-order valence-corrected chi connectivity index (χ4v) is 2.98. The summed E-state index contributed by atoms with van der Waals surface area (Å²) in [5.41, 5.74) is 0. The second kappa shape index (κ2) is 8.84. The normalized spacial score (nSPS) is 46.8. The van der Waals surface area contributed by atoms with Crippen molar-refractivity contribution < 1.29 is 54.8 Å². The fourth-order valence-electron chi connectivity index (χ4n) is 2.98. The molecule has 2 aliphatic rings. The third-order valence-corrected chi connectivity index (χ3v) is 4.38. The SMILES string of the molecule is CC(=O)N[C@H]1[C@H](O[C@@H]2[C@H](O)[C@@H](O)[C@H](O)O[C@@H]2CO)O[C@H](CO)[C@@H](O)[C@@H]1O. The van der Waals surface area contributed by atoms with Crippen molar-refractivity contribution >= 4 is 5.91 Å². The van der Waals surface area contributed by atoms with Crippen LogP contribution >= 0.6 is 0 Å². The molecule has 0 spiro atoms. The van der Waals surface area contributed by atoms with Gasteiger partial charge in [0.05, 0.1) is 13.2 Å². The number of carbonyl (C=O) groups excluding carboxylic acids is 1. The number of hydrogen-bond donors (Lipinski definition) is 8. The van der Waals surface area contributed by atoms with Crippen LogP contribution in [0.25, 0.3) is 0 Å². The Morgan fingerprint density at radius 2 is 1.54 bits per heavy atom. The van der Waals surface area contributed by atoms with Crippen molar-refractivity contribution in [2.75, 3.05) is 13.2 Å². The van der Waals surface area contributed by atoms with Gasteiger partial charge in [0.2, 0.25) is 5.91 Å². The molecule has 0 radical (unpaired) electrons. The number of ether oxygens (including phenoxy) is 3. The van der Waals surface area contributed by atoms with Crippen LogP contribution in [0.3, 0.4) is 0 Å². The molecule has 12 heteroatoms. The van der Waals surface area contributed by atoms with Gasteiger partial charge in [-0.05, 0) is 0 Å². The monoisotopic (exact) mass is 383 g/mol. The highest BCUT2D eigenvalue weighted by atomic mass is 16.7. The minimum Gasteiger partial charge on any atom is -0.394 e. The predicted octanol–water partition coefficient (Wildman–Crippen LogP) is -5.25. The van der Waals surface area contributed by atoms with Gasteiger partial charge in [-0.3, -0.25) is 4.79 Å².